The Balaban J connectivity index is 2.15. The molecule has 0 aliphatic rings. The van der Waals surface area contributed by atoms with Crippen LogP contribution in [-0.2, 0) is 0 Å². The summed E-state index contributed by atoms with van der Waals surface area (Å²) in [5, 5.41) is 8.70. The maximum atomic E-state index is 13.0. The van der Waals surface area contributed by atoms with E-state index in [1.165, 1.54) is 0 Å². The Morgan fingerprint density at radius 3 is 2.42 bits per heavy atom. The number of amides is 1. The highest BCUT2D eigenvalue weighted by molar-refractivity contribution is 6.01. The van der Waals surface area contributed by atoms with Gasteiger partial charge in [-0.05, 0) is 12.1 Å². The van der Waals surface area contributed by atoms with E-state index in [1.807, 2.05) is 13.8 Å². The maximum absolute atomic E-state index is 13.0. The fourth-order valence-corrected chi connectivity index (χ4v) is 1.45. The number of carbonyl (C=O) groups is 1. The number of anilines is 1. The van der Waals surface area contributed by atoms with Gasteiger partial charge in [0.2, 0.25) is 5.82 Å². The highest BCUT2D eigenvalue weighted by atomic mass is 19.1. The van der Waals surface area contributed by atoms with E-state index in [0.29, 0.717) is 5.82 Å². The number of halogens is 2. The van der Waals surface area contributed by atoms with E-state index >= 15 is 0 Å². The molecule has 0 saturated carbocycles. The van der Waals surface area contributed by atoms with Gasteiger partial charge >= 0.3 is 0 Å². The van der Waals surface area contributed by atoms with Gasteiger partial charge in [-0.25, -0.2) is 13.8 Å². The van der Waals surface area contributed by atoms with E-state index in [4.69, 9.17) is 0 Å². The van der Waals surface area contributed by atoms with Crippen LogP contribution in [0, 0.1) is 11.6 Å². The number of H-pyrrole nitrogens is 1. The Morgan fingerprint density at radius 1 is 1.26 bits per heavy atom. The van der Waals surface area contributed by atoms with Gasteiger partial charge in [0.1, 0.15) is 17.5 Å². The van der Waals surface area contributed by atoms with Gasteiger partial charge in [0.25, 0.3) is 5.91 Å². The highest BCUT2D eigenvalue weighted by Gasteiger charge is 2.14. The van der Waals surface area contributed by atoms with Crippen LogP contribution in [0.2, 0.25) is 0 Å². The lowest BCUT2D eigenvalue weighted by molar-refractivity contribution is 0.101. The van der Waals surface area contributed by atoms with Crippen LogP contribution in [0.4, 0.5) is 14.5 Å². The molecule has 1 heterocycles. The zero-order valence-corrected chi connectivity index (χ0v) is 10.4. The standard InChI is InChI=1S/C12H12F2N4O/c1-6(2)10-16-11(18-17-10)12(19)15-9-4-7(13)3-8(14)5-9/h3-6H,1-2H3,(H,15,19)(H,16,17,18). The average molecular weight is 266 g/mol. The van der Waals surface area contributed by atoms with Crippen molar-refractivity contribution in [2.45, 2.75) is 19.8 Å². The minimum absolute atomic E-state index is 0.0124. The molecule has 1 aromatic heterocycles. The van der Waals surface area contributed by atoms with E-state index in [9.17, 15) is 13.6 Å². The first-order valence-corrected chi connectivity index (χ1v) is 5.65. The second kappa shape index (κ2) is 5.13. The number of carbonyl (C=O) groups excluding carboxylic acids is 1. The molecule has 2 N–H and O–H groups in total. The molecule has 1 amide bonds. The monoisotopic (exact) mass is 266 g/mol. The highest BCUT2D eigenvalue weighted by Crippen LogP contribution is 2.14. The van der Waals surface area contributed by atoms with Crippen LogP contribution < -0.4 is 5.32 Å². The first-order valence-electron chi connectivity index (χ1n) is 5.65. The molecule has 19 heavy (non-hydrogen) atoms. The van der Waals surface area contributed by atoms with E-state index in [1.54, 1.807) is 0 Å². The molecular weight excluding hydrogens is 254 g/mol. The zero-order valence-electron chi connectivity index (χ0n) is 10.4. The van der Waals surface area contributed by atoms with Crippen molar-refractivity contribution in [2.24, 2.45) is 0 Å². The molecule has 0 fully saturated rings. The minimum Gasteiger partial charge on any atom is -0.319 e. The molecule has 5 nitrogen and oxygen atoms in total. The number of nitrogens with one attached hydrogen (secondary N) is 2. The van der Waals surface area contributed by atoms with Gasteiger partial charge in [-0.1, -0.05) is 13.8 Å². The molecule has 2 rings (SSSR count). The SMILES string of the molecule is CC(C)c1nc(C(=O)Nc2cc(F)cc(F)c2)n[nH]1. The van der Waals surface area contributed by atoms with Crippen molar-refractivity contribution in [1.29, 1.82) is 0 Å². The molecule has 0 saturated heterocycles. The van der Waals surface area contributed by atoms with Crippen molar-refractivity contribution in [3.8, 4) is 0 Å². The summed E-state index contributed by atoms with van der Waals surface area (Å²) in [6.07, 6.45) is 0. The predicted molar refractivity (Wildman–Crippen MR) is 64.8 cm³/mol. The summed E-state index contributed by atoms with van der Waals surface area (Å²) in [5.74, 6) is -1.58. The smallest absolute Gasteiger partial charge is 0.295 e. The van der Waals surface area contributed by atoms with Crippen LogP contribution in [-0.4, -0.2) is 21.1 Å². The van der Waals surface area contributed by atoms with Crippen LogP contribution >= 0.6 is 0 Å². The summed E-state index contributed by atoms with van der Waals surface area (Å²) in [6, 6.07) is 2.74. The Morgan fingerprint density at radius 2 is 1.89 bits per heavy atom. The number of hydrogen-bond donors (Lipinski definition) is 2. The normalized spacial score (nSPS) is 10.8. The number of hydrogen-bond acceptors (Lipinski definition) is 3. The molecule has 0 bridgehead atoms. The van der Waals surface area contributed by atoms with Crippen molar-refractivity contribution in [1.82, 2.24) is 15.2 Å². The van der Waals surface area contributed by atoms with Gasteiger partial charge in [0.05, 0.1) is 0 Å². The first kappa shape index (κ1) is 13.1. The van der Waals surface area contributed by atoms with Gasteiger partial charge in [0.15, 0.2) is 0 Å². The van der Waals surface area contributed by atoms with E-state index in [2.05, 4.69) is 20.5 Å². The quantitative estimate of drug-likeness (QED) is 0.896. The predicted octanol–water partition coefficient (Wildman–Crippen LogP) is 2.46. The molecule has 1 aromatic carbocycles. The Labute approximate surface area is 108 Å². The second-order valence-electron chi connectivity index (χ2n) is 4.31. The molecule has 2 aromatic rings. The maximum Gasteiger partial charge on any atom is 0.295 e. The van der Waals surface area contributed by atoms with E-state index in [0.717, 1.165) is 18.2 Å². The summed E-state index contributed by atoms with van der Waals surface area (Å²) < 4.78 is 25.9. The molecule has 0 radical (unpaired) electrons. The summed E-state index contributed by atoms with van der Waals surface area (Å²) in [6.45, 7) is 3.79. The second-order valence-corrected chi connectivity index (χ2v) is 4.31. The lowest BCUT2D eigenvalue weighted by Gasteiger charge is -2.02. The first-order chi connectivity index (χ1) is 8.95. The average Bonchev–Trinajstić information content (AvgIpc) is 2.76. The molecule has 0 aliphatic heterocycles. The lowest BCUT2D eigenvalue weighted by Crippen LogP contribution is -2.14. The summed E-state index contributed by atoms with van der Waals surface area (Å²) >= 11 is 0. The third kappa shape index (κ3) is 3.12. The molecule has 0 unspecified atom stereocenters. The number of aromatic amines is 1. The van der Waals surface area contributed by atoms with Crippen LogP contribution in [0.25, 0.3) is 0 Å². The van der Waals surface area contributed by atoms with Crippen LogP contribution in [0.1, 0.15) is 36.2 Å². The summed E-state index contributed by atoms with van der Waals surface area (Å²) in [7, 11) is 0. The van der Waals surface area contributed by atoms with Gasteiger partial charge in [-0.15, -0.1) is 5.10 Å². The Bertz CT molecular complexity index is 589. The molecular formula is C12H12F2N4O. The topological polar surface area (TPSA) is 70.7 Å². The van der Waals surface area contributed by atoms with Crippen molar-refractivity contribution < 1.29 is 13.6 Å². The third-order valence-corrected chi connectivity index (χ3v) is 2.37. The van der Waals surface area contributed by atoms with Crippen molar-refractivity contribution in [2.75, 3.05) is 5.32 Å². The number of benzene rings is 1. The van der Waals surface area contributed by atoms with Crippen LogP contribution in [0.15, 0.2) is 18.2 Å². The van der Waals surface area contributed by atoms with Crippen LogP contribution in [0.5, 0.6) is 0 Å². The third-order valence-electron chi connectivity index (χ3n) is 2.37. The summed E-state index contributed by atoms with van der Waals surface area (Å²) in [5.41, 5.74) is 0.0124. The number of aromatic nitrogens is 3. The molecule has 100 valence electrons. The summed E-state index contributed by atoms with van der Waals surface area (Å²) in [4.78, 5) is 15.8. The minimum atomic E-state index is -0.770. The van der Waals surface area contributed by atoms with Crippen molar-refractivity contribution in [3.05, 3.63) is 41.5 Å². The zero-order chi connectivity index (χ0) is 14.0. The van der Waals surface area contributed by atoms with E-state index < -0.39 is 17.5 Å². The van der Waals surface area contributed by atoms with Gasteiger partial charge in [-0.2, -0.15) is 0 Å². The number of rotatable bonds is 3. The Kier molecular flexibility index (Phi) is 3.55. The van der Waals surface area contributed by atoms with Crippen molar-refractivity contribution >= 4 is 11.6 Å². The molecule has 7 heteroatoms. The lowest BCUT2D eigenvalue weighted by atomic mass is 10.2. The molecule has 0 atom stereocenters. The Hall–Kier alpha value is -2.31. The fourth-order valence-electron chi connectivity index (χ4n) is 1.45. The van der Waals surface area contributed by atoms with Crippen LogP contribution in [0.3, 0.4) is 0 Å². The largest absolute Gasteiger partial charge is 0.319 e. The van der Waals surface area contributed by atoms with Gasteiger partial charge in [0, 0.05) is 17.7 Å². The fraction of sp³-hybridized carbons (Fsp3) is 0.250. The van der Waals surface area contributed by atoms with E-state index in [-0.39, 0.29) is 17.4 Å². The van der Waals surface area contributed by atoms with Gasteiger partial charge in [-0.3, -0.25) is 9.89 Å². The molecule has 0 aliphatic carbocycles. The van der Waals surface area contributed by atoms with Gasteiger partial charge < -0.3 is 5.32 Å². The van der Waals surface area contributed by atoms with Crippen molar-refractivity contribution in [3.63, 3.8) is 0 Å². The number of nitrogens with zero attached hydrogens (tertiary/aromatic N) is 2. The molecule has 0 spiro atoms.